The molecule has 5 nitrogen and oxygen atoms in total. The van der Waals surface area contributed by atoms with Gasteiger partial charge in [0.05, 0.1) is 11.0 Å². The molecule has 7 heteroatoms. The molecule has 0 aromatic carbocycles. The van der Waals surface area contributed by atoms with Crippen LogP contribution < -0.4 is 10.6 Å². The lowest BCUT2D eigenvalue weighted by molar-refractivity contribution is 0.0502. The van der Waals surface area contributed by atoms with Crippen LogP contribution in [0.2, 0.25) is 0 Å². The number of carbonyl (C=O) groups excluding carboxylic acids is 1. The molecule has 1 aromatic heterocycles. The molecule has 0 saturated carbocycles. The fourth-order valence-electron chi connectivity index (χ4n) is 1.62. The van der Waals surface area contributed by atoms with Crippen molar-refractivity contribution >= 4 is 38.0 Å². The van der Waals surface area contributed by atoms with Crippen molar-refractivity contribution in [3.63, 3.8) is 0 Å². The van der Waals surface area contributed by atoms with Crippen molar-refractivity contribution in [3.8, 4) is 0 Å². The Morgan fingerprint density at radius 1 is 1.43 bits per heavy atom. The molecule has 1 atom stereocenters. The standard InChI is InChI=1S/C14H22Br2N2O3/c1-5-9(18-13(19)21-14(2,3)4)7-17-8-10-6-11(15)12(16)20-10/h6,9,17H,5,7-8H2,1-4H3,(H,18,19). The van der Waals surface area contributed by atoms with Gasteiger partial charge in [-0.15, -0.1) is 0 Å². The van der Waals surface area contributed by atoms with Crippen molar-refractivity contribution in [2.45, 2.75) is 52.3 Å². The number of rotatable bonds is 6. The van der Waals surface area contributed by atoms with Gasteiger partial charge in [0.25, 0.3) is 0 Å². The molecule has 0 fully saturated rings. The summed E-state index contributed by atoms with van der Waals surface area (Å²) in [6.45, 7) is 8.79. The molecule has 0 radical (unpaired) electrons. The Labute approximate surface area is 142 Å². The fourth-order valence-corrected chi connectivity index (χ4v) is 2.28. The molecule has 0 saturated heterocycles. The number of amides is 1. The van der Waals surface area contributed by atoms with E-state index in [-0.39, 0.29) is 12.1 Å². The van der Waals surface area contributed by atoms with Crippen molar-refractivity contribution < 1.29 is 13.9 Å². The lowest BCUT2D eigenvalue weighted by Gasteiger charge is -2.23. The average Bonchev–Trinajstić information content (AvgIpc) is 2.65. The maximum Gasteiger partial charge on any atom is 0.407 e. The zero-order valence-electron chi connectivity index (χ0n) is 12.8. The molecular formula is C14H22Br2N2O3. The molecule has 1 rings (SSSR count). The van der Waals surface area contributed by atoms with E-state index in [1.54, 1.807) is 0 Å². The first-order valence-corrected chi connectivity index (χ1v) is 8.43. The first kappa shape index (κ1) is 18.5. The summed E-state index contributed by atoms with van der Waals surface area (Å²) in [6.07, 6.45) is 0.428. The van der Waals surface area contributed by atoms with Crippen molar-refractivity contribution in [1.82, 2.24) is 10.6 Å². The predicted octanol–water partition coefficient (Wildman–Crippen LogP) is 4.20. The van der Waals surface area contributed by atoms with Crippen LogP contribution >= 0.6 is 31.9 Å². The van der Waals surface area contributed by atoms with Crippen LogP contribution in [0.5, 0.6) is 0 Å². The van der Waals surface area contributed by atoms with Crippen LogP contribution in [0.25, 0.3) is 0 Å². The summed E-state index contributed by atoms with van der Waals surface area (Å²) in [5.74, 6) is 0.820. The van der Waals surface area contributed by atoms with Gasteiger partial charge < -0.3 is 19.8 Å². The van der Waals surface area contributed by atoms with Crippen LogP contribution in [-0.4, -0.2) is 24.3 Å². The van der Waals surface area contributed by atoms with Crippen molar-refractivity contribution in [3.05, 3.63) is 21.0 Å². The molecule has 1 unspecified atom stereocenters. The minimum absolute atomic E-state index is 0.0155. The highest BCUT2D eigenvalue weighted by Gasteiger charge is 2.18. The maximum absolute atomic E-state index is 11.7. The van der Waals surface area contributed by atoms with Gasteiger partial charge in [0.2, 0.25) is 0 Å². The summed E-state index contributed by atoms with van der Waals surface area (Å²) in [4.78, 5) is 11.7. The molecule has 0 bridgehead atoms. The lowest BCUT2D eigenvalue weighted by atomic mass is 10.2. The number of alkyl carbamates (subject to hydrolysis) is 1. The van der Waals surface area contributed by atoms with E-state index in [1.165, 1.54) is 0 Å². The van der Waals surface area contributed by atoms with Crippen LogP contribution in [0.15, 0.2) is 19.6 Å². The van der Waals surface area contributed by atoms with Gasteiger partial charge in [-0.3, -0.25) is 0 Å². The van der Waals surface area contributed by atoms with Crippen LogP contribution in [0.4, 0.5) is 4.79 Å². The molecule has 1 heterocycles. The first-order chi connectivity index (χ1) is 9.71. The fraction of sp³-hybridized carbons (Fsp3) is 0.643. The Bertz CT molecular complexity index is 450. The van der Waals surface area contributed by atoms with Gasteiger partial charge in [-0.25, -0.2) is 4.79 Å². The molecule has 0 aliphatic heterocycles. The van der Waals surface area contributed by atoms with Gasteiger partial charge in [-0.05, 0) is 65.1 Å². The zero-order valence-corrected chi connectivity index (χ0v) is 15.9. The summed E-state index contributed by atoms with van der Waals surface area (Å²) in [6, 6.07) is 1.92. The zero-order chi connectivity index (χ0) is 16.0. The normalized spacial score (nSPS) is 13.0. The SMILES string of the molecule is CCC(CNCc1cc(Br)c(Br)o1)NC(=O)OC(C)(C)C. The summed E-state index contributed by atoms with van der Waals surface area (Å²) < 4.78 is 12.3. The Kier molecular flexibility index (Phi) is 7.23. The largest absolute Gasteiger partial charge is 0.452 e. The van der Waals surface area contributed by atoms with E-state index in [1.807, 2.05) is 33.8 Å². The maximum atomic E-state index is 11.7. The van der Waals surface area contributed by atoms with E-state index in [2.05, 4.69) is 42.5 Å². The van der Waals surface area contributed by atoms with Crippen molar-refractivity contribution in [2.75, 3.05) is 6.54 Å². The number of nitrogens with one attached hydrogen (secondary N) is 2. The topological polar surface area (TPSA) is 63.5 Å². The van der Waals surface area contributed by atoms with Crippen LogP contribution in [0.3, 0.4) is 0 Å². The number of carbonyl (C=O) groups is 1. The van der Waals surface area contributed by atoms with Crippen LogP contribution in [0, 0.1) is 0 Å². The molecule has 2 N–H and O–H groups in total. The molecule has 1 aromatic rings. The van der Waals surface area contributed by atoms with E-state index < -0.39 is 5.60 Å². The second kappa shape index (κ2) is 8.19. The monoisotopic (exact) mass is 424 g/mol. The Hall–Kier alpha value is -0.530. The highest BCUT2D eigenvalue weighted by molar-refractivity contribution is 9.13. The Balaban J connectivity index is 2.35. The van der Waals surface area contributed by atoms with Gasteiger partial charge in [-0.2, -0.15) is 0 Å². The first-order valence-electron chi connectivity index (χ1n) is 6.85. The summed E-state index contributed by atoms with van der Waals surface area (Å²) in [5.41, 5.74) is -0.484. The van der Waals surface area contributed by atoms with E-state index in [0.717, 1.165) is 16.7 Å². The van der Waals surface area contributed by atoms with E-state index in [0.29, 0.717) is 17.8 Å². The van der Waals surface area contributed by atoms with Crippen molar-refractivity contribution in [2.24, 2.45) is 0 Å². The highest BCUT2D eigenvalue weighted by Crippen LogP contribution is 2.26. The van der Waals surface area contributed by atoms with Crippen LogP contribution in [-0.2, 0) is 11.3 Å². The number of halogens is 2. The van der Waals surface area contributed by atoms with E-state index >= 15 is 0 Å². The van der Waals surface area contributed by atoms with Gasteiger partial charge in [0.1, 0.15) is 11.4 Å². The molecular weight excluding hydrogens is 404 g/mol. The summed E-state index contributed by atoms with van der Waals surface area (Å²) in [5, 5.41) is 6.11. The number of hydrogen-bond donors (Lipinski definition) is 2. The molecule has 0 aliphatic rings. The van der Waals surface area contributed by atoms with Gasteiger partial charge in [0.15, 0.2) is 4.67 Å². The number of hydrogen-bond acceptors (Lipinski definition) is 4. The molecule has 0 aliphatic carbocycles. The quantitative estimate of drug-likeness (QED) is 0.716. The minimum atomic E-state index is -0.484. The van der Waals surface area contributed by atoms with E-state index in [4.69, 9.17) is 9.15 Å². The van der Waals surface area contributed by atoms with Gasteiger partial charge in [-0.1, -0.05) is 6.92 Å². The Morgan fingerprint density at radius 3 is 2.57 bits per heavy atom. The van der Waals surface area contributed by atoms with Gasteiger partial charge >= 0.3 is 6.09 Å². The lowest BCUT2D eigenvalue weighted by Crippen LogP contribution is -2.43. The average molecular weight is 426 g/mol. The minimum Gasteiger partial charge on any atom is -0.452 e. The van der Waals surface area contributed by atoms with Crippen molar-refractivity contribution in [1.29, 1.82) is 0 Å². The summed E-state index contributed by atoms with van der Waals surface area (Å²) in [7, 11) is 0. The van der Waals surface area contributed by atoms with E-state index in [9.17, 15) is 4.79 Å². The third kappa shape index (κ3) is 7.33. The highest BCUT2D eigenvalue weighted by atomic mass is 79.9. The predicted molar refractivity (Wildman–Crippen MR) is 89.3 cm³/mol. The second-order valence-electron chi connectivity index (χ2n) is 5.72. The second-order valence-corrected chi connectivity index (χ2v) is 7.29. The molecule has 120 valence electrons. The molecule has 1 amide bonds. The number of furan rings is 1. The smallest absolute Gasteiger partial charge is 0.407 e. The van der Waals surface area contributed by atoms with Gasteiger partial charge in [0, 0.05) is 12.6 Å². The van der Waals surface area contributed by atoms with Crippen LogP contribution in [0.1, 0.15) is 39.9 Å². The third-order valence-electron chi connectivity index (χ3n) is 2.60. The Morgan fingerprint density at radius 2 is 2.10 bits per heavy atom. The molecule has 21 heavy (non-hydrogen) atoms. The summed E-state index contributed by atoms with van der Waals surface area (Å²) >= 11 is 6.67. The third-order valence-corrected chi connectivity index (χ3v) is 4.31. The number of ether oxygens (including phenoxy) is 1. The molecule has 0 spiro atoms.